The zero-order valence-corrected chi connectivity index (χ0v) is 9.36. The monoisotopic (exact) mass is 218 g/mol. The molecule has 0 saturated heterocycles. The van der Waals surface area contributed by atoms with Crippen molar-refractivity contribution in [1.82, 2.24) is 4.57 Å². The Hall–Kier alpha value is -1.81. The minimum absolute atomic E-state index is 0.322. The number of benzene rings is 1. The first-order valence-corrected chi connectivity index (χ1v) is 5.04. The molecule has 0 bridgehead atoms. The van der Waals surface area contributed by atoms with Crippen LogP contribution in [0.25, 0.3) is 10.9 Å². The van der Waals surface area contributed by atoms with Gasteiger partial charge >= 0.3 is 5.97 Å². The average Bonchev–Trinajstić information content (AvgIpc) is 2.64. The van der Waals surface area contributed by atoms with E-state index in [0.29, 0.717) is 12.1 Å². The molecular weight excluding hydrogens is 204 g/mol. The van der Waals surface area contributed by atoms with Crippen molar-refractivity contribution in [1.29, 1.82) is 0 Å². The molecule has 84 valence electrons. The molecule has 0 unspecified atom stereocenters. The van der Waals surface area contributed by atoms with Crippen LogP contribution in [-0.4, -0.2) is 17.6 Å². The second-order valence-electron chi connectivity index (χ2n) is 3.66. The Bertz CT molecular complexity index is 543. The number of esters is 1. The van der Waals surface area contributed by atoms with Gasteiger partial charge in [0.1, 0.15) is 0 Å². The lowest BCUT2D eigenvalue weighted by Crippen LogP contribution is -2.03. The summed E-state index contributed by atoms with van der Waals surface area (Å²) in [4.78, 5) is 11.4. The van der Waals surface area contributed by atoms with Gasteiger partial charge in [0.2, 0.25) is 0 Å². The van der Waals surface area contributed by atoms with Gasteiger partial charge in [0.15, 0.2) is 0 Å². The quantitative estimate of drug-likeness (QED) is 0.776. The maximum atomic E-state index is 11.4. The van der Waals surface area contributed by atoms with Crippen LogP contribution in [0.2, 0.25) is 0 Å². The van der Waals surface area contributed by atoms with E-state index in [1.54, 1.807) is 6.07 Å². The molecule has 0 aliphatic heterocycles. The Labute approximate surface area is 93.6 Å². The second kappa shape index (κ2) is 3.98. The predicted octanol–water partition coefficient (Wildman–Crippen LogP) is 1.42. The van der Waals surface area contributed by atoms with Crippen molar-refractivity contribution < 1.29 is 9.53 Å². The van der Waals surface area contributed by atoms with Crippen LogP contribution >= 0.6 is 0 Å². The molecule has 0 aliphatic carbocycles. The molecule has 0 radical (unpaired) electrons. The van der Waals surface area contributed by atoms with Gasteiger partial charge in [0.05, 0.1) is 12.7 Å². The number of carbonyl (C=O) groups excluding carboxylic acids is 1. The Morgan fingerprint density at radius 2 is 2.19 bits per heavy atom. The summed E-state index contributed by atoms with van der Waals surface area (Å²) in [6.45, 7) is 0.485. The summed E-state index contributed by atoms with van der Waals surface area (Å²) in [5.41, 5.74) is 8.21. The molecule has 0 fully saturated rings. The first kappa shape index (κ1) is 10.7. The maximum absolute atomic E-state index is 11.4. The van der Waals surface area contributed by atoms with Crippen LogP contribution in [0.4, 0.5) is 0 Å². The molecule has 1 aromatic carbocycles. The minimum atomic E-state index is -0.322. The first-order valence-electron chi connectivity index (χ1n) is 5.04. The van der Waals surface area contributed by atoms with Crippen molar-refractivity contribution in [3.05, 3.63) is 35.5 Å². The van der Waals surface area contributed by atoms with E-state index in [-0.39, 0.29) is 5.97 Å². The van der Waals surface area contributed by atoms with E-state index in [9.17, 15) is 4.79 Å². The van der Waals surface area contributed by atoms with E-state index < -0.39 is 0 Å². The summed E-state index contributed by atoms with van der Waals surface area (Å²) >= 11 is 0. The van der Waals surface area contributed by atoms with Gasteiger partial charge in [-0.3, -0.25) is 0 Å². The molecule has 4 heteroatoms. The highest BCUT2D eigenvalue weighted by Crippen LogP contribution is 2.20. The van der Waals surface area contributed by atoms with Gasteiger partial charge in [-0.25, -0.2) is 4.79 Å². The van der Waals surface area contributed by atoms with E-state index in [0.717, 1.165) is 16.6 Å². The summed E-state index contributed by atoms with van der Waals surface area (Å²) in [5.74, 6) is -0.322. The van der Waals surface area contributed by atoms with Gasteiger partial charge < -0.3 is 15.0 Å². The summed E-state index contributed by atoms with van der Waals surface area (Å²) in [5, 5.41) is 1.08. The highest BCUT2D eigenvalue weighted by molar-refractivity contribution is 5.94. The third kappa shape index (κ3) is 1.57. The van der Waals surface area contributed by atoms with Gasteiger partial charge in [-0.15, -0.1) is 0 Å². The third-order valence-electron chi connectivity index (χ3n) is 2.77. The predicted molar refractivity (Wildman–Crippen MR) is 62.1 cm³/mol. The van der Waals surface area contributed by atoms with E-state index in [4.69, 9.17) is 5.73 Å². The molecule has 2 rings (SSSR count). The van der Waals surface area contributed by atoms with Crippen LogP contribution in [0.1, 0.15) is 16.1 Å². The third-order valence-corrected chi connectivity index (χ3v) is 2.77. The number of hydrogen-bond donors (Lipinski definition) is 1. The number of carbonyl (C=O) groups is 1. The standard InChI is InChI=1S/C12H14N2O2/c1-14-10(7-13)5-8-3-4-9(6-11(8)14)12(15)16-2/h3-6H,7,13H2,1-2H3. The molecule has 1 aromatic heterocycles. The SMILES string of the molecule is COC(=O)c1ccc2cc(CN)n(C)c2c1. The number of methoxy groups -OCH3 is 1. The number of ether oxygens (including phenoxy) is 1. The normalized spacial score (nSPS) is 10.7. The van der Waals surface area contributed by atoms with Crippen LogP contribution in [0.3, 0.4) is 0 Å². The molecule has 1 heterocycles. The van der Waals surface area contributed by atoms with Gasteiger partial charge in [-0.2, -0.15) is 0 Å². The van der Waals surface area contributed by atoms with Crippen LogP contribution in [-0.2, 0) is 18.3 Å². The molecular formula is C12H14N2O2. The van der Waals surface area contributed by atoms with Crippen molar-refractivity contribution in [3.8, 4) is 0 Å². The zero-order chi connectivity index (χ0) is 11.7. The number of aromatic nitrogens is 1. The van der Waals surface area contributed by atoms with E-state index >= 15 is 0 Å². The van der Waals surface area contributed by atoms with Gasteiger partial charge in [-0.05, 0) is 23.6 Å². The maximum Gasteiger partial charge on any atom is 0.337 e. The fourth-order valence-corrected chi connectivity index (χ4v) is 1.83. The fourth-order valence-electron chi connectivity index (χ4n) is 1.83. The lowest BCUT2D eigenvalue weighted by molar-refractivity contribution is 0.0601. The van der Waals surface area contributed by atoms with Crippen LogP contribution < -0.4 is 5.73 Å². The Morgan fingerprint density at radius 3 is 2.81 bits per heavy atom. The molecule has 4 nitrogen and oxygen atoms in total. The number of nitrogens with zero attached hydrogens (tertiary/aromatic N) is 1. The molecule has 0 spiro atoms. The van der Waals surface area contributed by atoms with Gasteiger partial charge in [-0.1, -0.05) is 6.07 Å². The number of rotatable bonds is 2. The number of nitrogens with two attached hydrogens (primary N) is 1. The van der Waals surface area contributed by atoms with Gasteiger partial charge in [0.25, 0.3) is 0 Å². The first-order chi connectivity index (χ1) is 7.67. The van der Waals surface area contributed by atoms with Crippen LogP contribution in [0.15, 0.2) is 24.3 Å². The summed E-state index contributed by atoms with van der Waals surface area (Å²) in [6, 6.07) is 7.51. The highest BCUT2D eigenvalue weighted by atomic mass is 16.5. The smallest absolute Gasteiger partial charge is 0.337 e. The molecule has 0 saturated carbocycles. The van der Waals surface area contributed by atoms with Crippen molar-refractivity contribution in [3.63, 3.8) is 0 Å². The van der Waals surface area contributed by atoms with Crippen LogP contribution in [0, 0.1) is 0 Å². The highest BCUT2D eigenvalue weighted by Gasteiger charge is 2.09. The lowest BCUT2D eigenvalue weighted by Gasteiger charge is -2.02. The van der Waals surface area contributed by atoms with Crippen molar-refractivity contribution in [2.45, 2.75) is 6.54 Å². The van der Waals surface area contributed by atoms with Crippen LogP contribution in [0.5, 0.6) is 0 Å². The second-order valence-corrected chi connectivity index (χ2v) is 3.66. The average molecular weight is 218 g/mol. The van der Waals surface area contributed by atoms with Crippen molar-refractivity contribution in [2.75, 3.05) is 7.11 Å². The largest absolute Gasteiger partial charge is 0.465 e. The Morgan fingerprint density at radius 1 is 1.44 bits per heavy atom. The number of aryl methyl sites for hydroxylation is 1. The molecule has 0 amide bonds. The molecule has 0 atom stereocenters. The summed E-state index contributed by atoms with van der Waals surface area (Å²) < 4.78 is 6.67. The number of hydrogen-bond acceptors (Lipinski definition) is 3. The van der Waals surface area contributed by atoms with Gasteiger partial charge in [0, 0.05) is 24.8 Å². The topological polar surface area (TPSA) is 57.2 Å². The Kier molecular flexibility index (Phi) is 2.66. The van der Waals surface area contributed by atoms with E-state index in [1.165, 1.54) is 7.11 Å². The summed E-state index contributed by atoms with van der Waals surface area (Å²) in [7, 11) is 3.31. The summed E-state index contributed by atoms with van der Waals surface area (Å²) in [6.07, 6.45) is 0. The van der Waals surface area contributed by atoms with E-state index in [1.807, 2.05) is 29.8 Å². The van der Waals surface area contributed by atoms with Crippen molar-refractivity contribution in [2.24, 2.45) is 12.8 Å². The molecule has 0 aliphatic rings. The minimum Gasteiger partial charge on any atom is -0.465 e. The lowest BCUT2D eigenvalue weighted by atomic mass is 10.1. The molecule has 2 N–H and O–H groups in total. The number of fused-ring (bicyclic) bond motifs is 1. The molecule has 2 aromatic rings. The molecule has 16 heavy (non-hydrogen) atoms. The fraction of sp³-hybridized carbons (Fsp3) is 0.250. The Balaban J connectivity index is 2.61. The van der Waals surface area contributed by atoms with E-state index in [2.05, 4.69) is 4.74 Å². The van der Waals surface area contributed by atoms with Crippen molar-refractivity contribution >= 4 is 16.9 Å². The zero-order valence-electron chi connectivity index (χ0n) is 9.36.